The third kappa shape index (κ3) is 3.30. The maximum absolute atomic E-state index is 3.73. The Morgan fingerprint density at radius 3 is 3.20 bits per heavy atom. The lowest BCUT2D eigenvalue weighted by Crippen LogP contribution is -2.32. The van der Waals surface area contributed by atoms with Crippen molar-refractivity contribution >= 4 is 11.3 Å². The Bertz CT molecular complexity index is 263. The molecule has 1 saturated heterocycles. The number of nitrogens with one attached hydrogen (secondary N) is 2. The highest BCUT2D eigenvalue weighted by molar-refractivity contribution is 7.07. The first kappa shape index (κ1) is 11.1. The van der Waals surface area contributed by atoms with Gasteiger partial charge in [-0.1, -0.05) is 0 Å². The maximum Gasteiger partial charge on any atom is 0.0302 e. The molecule has 0 aliphatic carbocycles. The van der Waals surface area contributed by atoms with Crippen molar-refractivity contribution in [2.24, 2.45) is 0 Å². The first-order valence-corrected chi connectivity index (χ1v) is 6.79. The van der Waals surface area contributed by atoms with Crippen LogP contribution in [0.5, 0.6) is 0 Å². The fraction of sp³-hybridized carbons (Fsp3) is 0.667. The van der Waals surface area contributed by atoms with Crippen molar-refractivity contribution in [2.45, 2.75) is 38.3 Å². The zero-order valence-electron chi connectivity index (χ0n) is 9.33. The zero-order valence-corrected chi connectivity index (χ0v) is 10.1. The second-order valence-electron chi connectivity index (χ2n) is 4.32. The number of hydrogen-bond acceptors (Lipinski definition) is 3. The van der Waals surface area contributed by atoms with Gasteiger partial charge in [0.25, 0.3) is 0 Å². The van der Waals surface area contributed by atoms with Crippen LogP contribution in [0.2, 0.25) is 0 Å². The van der Waals surface area contributed by atoms with Crippen molar-refractivity contribution in [1.29, 1.82) is 0 Å². The van der Waals surface area contributed by atoms with Crippen molar-refractivity contribution in [3.63, 3.8) is 0 Å². The van der Waals surface area contributed by atoms with E-state index in [4.69, 9.17) is 0 Å². The van der Waals surface area contributed by atoms with E-state index in [9.17, 15) is 0 Å². The van der Waals surface area contributed by atoms with Crippen LogP contribution < -0.4 is 10.6 Å². The normalized spacial score (nSPS) is 24.7. The van der Waals surface area contributed by atoms with Gasteiger partial charge in [0.15, 0.2) is 0 Å². The molecule has 1 aliphatic rings. The largest absolute Gasteiger partial charge is 0.317 e. The predicted molar refractivity (Wildman–Crippen MR) is 66.4 cm³/mol. The molecule has 1 fully saturated rings. The van der Waals surface area contributed by atoms with Crippen molar-refractivity contribution in [3.8, 4) is 0 Å². The van der Waals surface area contributed by atoms with E-state index in [1.165, 1.54) is 31.4 Å². The molecule has 0 aromatic carbocycles. The van der Waals surface area contributed by atoms with E-state index in [0.717, 1.165) is 6.54 Å². The molecule has 2 unspecified atom stereocenters. The third-order valence-electron chi connectivity index (χ3n) is 3.10. The molecule has 0 radical (unpaired) electrons. The van der Waals surface area contributed by atoms with Gasteiger partial charge in [-0.3, -0.25) is 0 Å². The Morgan fingerprint density at radius 2 is 2.40 bits per heavy atom. The average molecular weight is 224 g/mol. The fourth-order valence-corrected chi connectivity index (χ4v) is 2.91. The molecule has 2 N–H and O–H groups in total. The topological polar surface area (TPSA) is 24.1 Å². The molecule has 15 heavy (non-hydrogen) atoms. The van der Waals surface area contributed by atoms with Crippen molar-refractivity contribution in [3.05, 3.63) is 22.4 Å². The molecule has 1 aliphatic heterocycles. The number of hydrogen-bond donors (Lipinski definition) is 2. The molecule has 0 spiro atoms. The van der Waals surface area contributed by atoms with Crippen LogP contribution in [0, 0.1) is 0 Å². The Hall–Kier alpha value is -0.380. The van der Waals surface area contributed by atoms with Crippen molar-refractivity contribution in [2.75, 3.05) is 13.1 Å². The van der Waals surface area contributed by atoms with Crippen LogP contribution in [-0.2, 0) is 0 Å². The van der Waals surface area contributed by atoms with Gasteiger partial charge in [0.1, 0.15) is 0 Å². The molecular weight excluding hydrogens is 204 g/mol. The van der Waals surface area contributed by atoms with Crippen molar-refractivity contribution in [1.82, 2.24) is 10.6 Å². The van der Waals surface area contributed by atoms with E-state index in [0.29, 0.717) is 12.1 Å². The molecule has 84 valence electrons. The van der Waals surface area contributed by atoms with E-state index in [1.54, 1.807) is 11.3 Å². The standard InChI is InChI=1S/C12H20N2S/c1-10(11-5-8-15-9-11)14-12-3-2-6-13-7-4-12/h5,8-10,12-14H,2-4,6-7H2,1H3. The van der Waals surface area contributed by atoms with Crippen LogP contribution in [0.3, 0.4) is 0 Å². The van der Waals surface area contributed by atoms with Gasteiger partial charge in [-0.05, 0) is 61.7 Å². The van der Waals surface area contributed by atoms with Gasteiger partial charge in [-0.2, -0.15) is 11.3 Å². The second-order valence-corrected chi connectivity index (χ2v) is 5.10. The monoisotopic (exact) mass is 224 g/mol. The highest BCUT2D eigenvalue weighted by Gasteiger charge is 2.14. The Balaban J connectivity index is 1.84. The predicted octanol–water partition coefficient (Wildman–Crippen LogP) is 2.54. The summed E-state index contributed by atoms with van der Waals surface area (Å²) >= 11 is 1.78. The second kappa shape index (κ2) is 5.64. The van der Waals surface area contributed by atoms with Crippen LogP contribution in [0.4, 0.5) is 0 Å². The van der Waals surface area contributed by atoms with Gasteiger partial charge in [0.05, 0.1) is 0 Å². The lowest BCUT2D eigenvalue weighted by atomic mass is 10.1. The highest BCUT2D eigenvalue weighted by Crippen LogP contribution is 2.18. The van der Waals surface area contributed by atoms with E-state index in [1.807, 2.05) is 0 Å². The first-order chi connectivity index (χ1) is 7.36. The molecule has 3 heteroatoms. The lowest BCUT2D eigenvalue weighted by Gasteiger charge is -2.21. The Morgan fingerprint density at radius 1 is 1.47 bits per heavy atom. The summed E-state index contributed by atoms with van der Waals surface area (Å²) < 4.78 is 0. The van der Waals surface area contributed by atoms with Gasteiger partial charge in [-0.15, -0.1) is 0 Å². The van der Waals surface area contributed by atoms with E-state index >= 15 is 0 Å². The van der Waals surface area contributed by atoms with Gasteiger partial charge >= 0.3 is 0 Å². The van der Waals surface area contributed by atoms with E-state index in [-0.39, 0.29) is 0 Å². The van der Waals surface area contributed by atoms with E-state index in [2.05, 4.69) is 34.4 Å². The molecule has 2 atom stereocenters. The van der Waals surface area contributed by atoms with Gasteiger partial charge in [0, 0.05) is 12.1 Å². The van der Waals surface area contributed by atoms with Gasteiger partial charge in [-0.25, -0.2) is 0 Å². The summed E-state index contributed by atoms with van der Waals surface area (Å²) in [5.41, 5.74) is 1.43. The minimum Gasteiger partial charge on any atom is -0.317 e. The Kier molecular flexibility index (Phi) is 4.18. The maximum atomic E-state index is 3.73. The molecule has 2 rings (SSSR count). The fourth-order valence-electron chi connectivity index (χ4n) is 2.16. The summed E-state index contributed by atoms with van der Waals surface area (Å²) in [5, 5.41) is 11.6. The molecular formula is C12H20N2S. The van der Waals surface area contributed by atoms with Crippen LogP contribution in [0.1, 0.15) is 37.8 Å². The molecule has 1 aromatic rings. The summed E-state index contributed by atoms with van der Waals surface area (Å²) in [6.45, 7) is 4.61. The number of thiophene rings is 1. The summed E-state index contributed by atoms with van der Waals surface area (Å²) in [6, 6.07) is 3.41. The number of rotatable bonds is 3. The summed E-state index contributed by atoms with van der Waals surface area (Å²) in [4.78, 5) is 0. The molecule has 0 saturated carbocycles. The summed E-state index contributed by atoms with van der Waals surface area (Å²) in [6.07, 6.45) is 3.87. The minimum atomic E-state index is 0.499. The molecule has 2 heterocycles. The van der Waals surface area contributed by atoms with Crippen molar-refractivity contribution < 1.29 is 0 Å². The van der Waals surface area contributed by atoms with Crippen LogP contribution in [0.25, 0.3) is 0 Å². The van der Waals surface area contributed by atoms with E-state index < -0.39 is 0 Å². The molecule has 2 nitrogen and oxygen atoms in total. The molecule has 0 bridgehead atoms. The SMILES string of the molecule is CC(NC1CCCNCC1)c1ccsc1. The first-order valence-electron chi connectivity index (χ1n) is 5.85. The highest BCUT2D eigenvalue weighted by atomic mass is 32.1. The lowest BCUT2D eigenvalue weighted by molar-refractivity contribution is 0.422. The average Bonchev–Trinajstić information content (AvgIpc) is 2.65. The van der Waals surface area contributed by atoms with Crippen LogP contribution in [0.15, 0.2) is 16.8 Å². The van der Waals surface area contributed by atoms with Gasteiger partial charge in [0.2, 0.25) is 0 Å². The summed E-state index contributed by atoms with van der Waals surface area (Å²) in [7, 11) is 0. The Labute approximate surface area is 96.1 Å². The smallest absolute Gasteiger partial charge is 0.0302 e. The minimum absolute atomic E-state index is 0.499. The summed E-state index contributed by atoms with van der Waals surface area (Å²) in [5.74, 6) is 0. The van der Waals surface area contributed by atoms with Crippen LogP contribution in [-0.4, -0.2) is 19.1 Å². The van der Waals surface area contributed by atoms with Gasteiger partial charge < -0.3 is 10.6 Å². The third-order valence-corrected chi connectivity index (χ3v) is 3.81. The molecule has 0 amide bonds. The molecule has 1 aromatic heterocycles. The van der Waals surface area contributed by atoms with Crippen LogP contribution >= 0.6 is 11.3 Å². The quantitative estimate of drug-likeness (QED) is 0.824. The zero-order chi connectivity index (χ0) is 10.5.